The standard InChI is InChI=1S/C12H11BrO5/c1-6(12(15)16)2-7-3-9(13)8(4-14)11-10(7)17-5-18-11/h3-4,6H,2,5H2,1H3,(H,15,16). The predicted octanol–water partition coefficient (Wildman–Crippen LogP) is 2.25. The summed E-state index contributed by atoms with van der Waals surface area (Å²) in [4.78, 5) is 21.8. The molecule has 0 bridgehead atoms. The van der Waals surface area contributed by atoms with E-state index in [0.29, 0.717) is 34.2 Å². The van der Waals surface area contributed by atoms with Gasteiger partial charge in [-0.05, 0) is 28.4 Å². The highest BCUT2D eigenvalue weighted by atomic mass is 79.9. The summed E-state index contributed by atoms with van der Waals surface area (Å²) in [5, 5.41) is 8.92. The lowest BCUT2D eigenvalue weighted by Gasteiger charge is -2.11. The number of carboxylic acids is 1. The number of hydrogen-bond donors (Lipinski definition) is 1. The van der Waals surface area contributed by atoms with Gasteiger partial charge in [-0.25, -0.2) is 0 Å². The molecule has 0 aromatic heterocycles. The number of carbonyl (C=O) groups is 2. The number of halogens is 1. The third-order valence-corrected chi connectivity index (χ3v) is 3.43. The summed E-state index contributed by atoms with van der Waals surface area (Å²) in [5.74, 6) is -0.564. The Morgan fingerprint density at radius 3 is 2.83 bits per heavy atom. The summed E-state index contributed by atoms with van der Waals surface area (Å²) < 4.78 is 11.1. The van der Waals surface area contributed by atoms with Crippen molar-refractivity contribution >= 4 is 28.2 Å². The predicted molar refractivity (Wildman–Crippen MR) is 66.2 cm³/mol. The van der Waals surface area contributed by atoms with Crippen LogP contribution in [-0.4, -0.2) is 24.2 Å². The van der Waals surface area contributed by atoms with Gasteiger partial charge in [-0.15, -0.1) is 0 Å². The number of rotatable bonds is 4. The van der Waals surface area contributed by atoms with Crippen molar-refractivity contribution in [1.29, 1.82) is 0 Å². The van der Waals surface area contributed by atoms with Crippen LogP contribution >= 0.6 is 15.9 Å². The van der Waals surface area contributed by atoms with Gasteiger partial charge in [-0.1, -0.05) is 6.92 Å². The third kappa shape index (κ3) is 2.20. The van der Waals surface area contributed by atoms with Crippen LogP contribution in [0.1, 0.15) is 22.8 Å². The third-order valence-electron chi connectivity index (χ3n) is 2.77. The minimum atomic E-state index is -0.877. The minimum absolute atomic E-state index is 0.0427. The first-order chi connectivity index (χ1) is 8.54. The molecular formula is C12H11BrO5. The lowest BCUT2D eigenvalue weighted by molar-refractivity contribution is -0.141. The molecule has 1 unspecified atom stereocenters. The average Bonchev–Trinajstić information content (AvgIpc) is 2.78. The smallest absolute Gasteiger partial charge is 0.306 e. The molecule has 0 saturated carbocycles. The van der Waals surface area contributed by atoms with E-state index in [-0.39, 0.29) is 6.79 Å². The second-order valence-electron chi connectivity index (χ2n) is 4.06. The average molecular weight is 315 g/mol. The zero-order valence-electron chi connectivity index (χ0n) is 9.60. The monoisotopic (exact) mass is 314 g/mol. The number of carboxylic acid groups (broad SMARTS) is 1. The number of aldehydes is 1. The van der Waals surface area contributed by atoms with Crippen molar-refractivity contribution in [2.75, 3.05) is 6.79 Å². The molecule has 0 spiro atoms. The molecule has 0 saturated heterocycles. The number of benzene rings is 1. The molecule has 1 aromatic rings. The second-order valence-corrected chi connectivity index (χ2v) is 4.91. The largest absolute Gasteiger partial charge is 0.481 e. The summed E-state index contributed by atoms with van der Waals surface area (Å²) in [6.07, 6.45) is 1.00. The van der Waals surface area contributed by atoms with Gasteiger partial charge in [0.2, 0.25) is 6.79 Å². The molecular weight excluding hydrogens is 304 g/mol. The number of aliphatic carboxylic acids is 1. The molecule has 0 amide bonds. The fourth-order valence-electron chi connectivity index (χ4n) is 1.80. The Labute approximate surface area is 112 Å². The van der Waals surface area contributed by atoms with Crippen LogP contribution in [0.4, 0.5) is 0 Å². The number of carbonyl (C=O) groups excluding carboxylic acids is 1. The van der Waals surface area contributed by atoms with E-state index in [9.17, 15) is 9.59 Å². The van der Waals surface area contributed by atoms with Crippen molar-refractivity contribution in [3.63, 3.8) is 0 Å². The number of fused-ring (bicyclic) bond motifs is 1. The van der Waals surface area contributed by atoms with Crippen LogP contribution in [0.5, 0.6) is 11.5 Å². The lowest BCUT2D eigenvalue weighted by atomic mass is 9.99. The Morgan fingerprint density at radius 1 is 1.56 bits per heavy atom. The van der Waals surface area contributed by atoms with Crippen molar-refractivity contribution in [2.24, 2.45) is 5.92 Å². The van der Waals surface area contributed by atoms with Crippen molar-refractivity contribution in [2.45, 2.75) is 13.3 Å². The highest BCUT2D eigenvalue weighted by molar-refractivity contribution is 9.10. The summed E-state index contributed by atoms with van der Waals surface area (Å²) in [6.45, 7) is 1.66. The van der Waals surface area contributed by atoms with E-state index < -0.39 is 11.9 Å². The molecule has 1 aliphatic rings. The maximum absolute atomic E-state index is 11.0. The zero-order valence-corrected chi connectivity index (χ0v) is 11.2. The normalized spacial score (nSPS) is 14.3. The summed E-state index contributed by atoms with van der Waals surface area (Å²) in [5.41, 5.74) is 1.10. The van der Waals surface area contributed by atoms with Crippen LogP contribution in [0.3, 0.4) is 0 Å². The van der Waals surface area contributed by atoms with Crippen molar-refractivity contribution in [3.8, 4) is 11.5 Å². The van der Waals surface area contributed by atoms with Gasteiger partial charge in [0.25, 0.3) is 0 Å². The van der Waals surface area contributed by atoms with Crippen LogP contribution in [0.2, 0.25) is 0 Å². The van der Waals surface area contributed by atoms with E-state index in [2.05, 4.69) is 15.9 Å². The fraction of sp³-hybridized carbons (Fsp3) is 0.333. The van der Waals surface area contributed by atoms with Crippen LogP contribution in [0, 0.1) is 5.92 Å². The summed E-state index contributed by atoms with van der Waals surface area (Å²) >= 11 is 3.27. The molecule has 6 heteroatoms. The molecule has 96 valence electrons. The maximum Gasteiger partial charge on any atom is 0.306 e. The Hall–Kier alpha value is -1.56. The van der Waals surface area contributed by atoms with Gasteiger partial charge in [0.05, 0.1) is 11.5 Å². The van der Waals surface area contributed by atoms with Gasteiger partial charge >= 0.3 is 5.97 Å². The van der Waals surface area contributed by atoms with Crippen molar-refractivity contribution < 1.29 is 24.2 Å². The Balaban J connectivity index is 2.44. The highest BCUT2D eigenvalue weighted by Gasteiger charge is 2.26. The summed E-state index contributed by atoms with van der Waals surface area (Å²) in [7, 11) is 0. The van der Waals surface area contributed by atoms with Crippen LogP contribution < -0.4 is 9.47 Å². The molecule has 2 rings (SSSR count). The van der Waals surface area contributed by atoms with E-state index in [1.165, 1.54) is 0 Å². The molecule has 0 radical (unpaired) electrons. The van der Waals surface area contributed by atoms with Gasteiger partial charge in [-0.3, -0.25) is 9.59 Å². The van der Waals surface area contributed by atoms with E-state index in [0.717, 1.165) is 5.56 Å². The Kier molecular flexibility index (Phi) is 3.56. The topological polar surface area (TPSA) is 72.8 Å². The first-order valence-electron chi connectivity index (χ1n) is 5.33. The van der Waals surface area contributed by atoms with Crippen molar-refractivity contribution in [1.82, 2.24) is 0 Å². The lowest BCUT2D eigenvalue weighted by Crippen LogP contribution is -2.12. The maximum atomic E-state index is 11.0. The van der Waals surface area contributed by atoms with Gasteiger partial charge < -0.3 is 14.6 Å². The fourth-order valence-corrected chi connectivity index (χ4v) is 2.35. The quantitative estimate of drug-likeness (QED) is 0.863. The van der Waals surface area contributed by atoms with Gasteiger partial charge in [0, 0.05) is 10.0 Å². The second kappa shape index (κ2) is 4.97. The van der Waals surface area contributed by atoms with Crippen LogP contribution in [-0.2, 0) is 11.2 Å². The molecule has 5 nitrogen and oxygen atoms in total. The molecule has 1 heterocycles. The molecule has 1 aliphatic heterocycles. The molecule has 18 heavy (non-hydrogen) atoms. The molecule has 1 N–H and O–H groups in total. The van der Waals surface area contributed by atoms with Crippen molar-refractivity contribution in [3.05, 3.63) is 21.7 Å². The van der Waals surface area contributed by atoms with E-state index in [4.69, 9.17) is 14.6 Å². The zero-order chi connectivity index (χ0) is 13.3. The van der Waals surface area contributed by atoms with E-state index >= 15 is 0 Å². The van der Waals surface area contributed by atoms with E-state index in [1.807, 2.05) is 0 Å². The molecule has 1 aromatic carbocycles. The first kappa shape index (κ1) is 12.9. The van der Waals surface area contributed by atoms with Gasteiger partial charge in [-0.2, -0.15) is 0 Å². The van der Waals surface area contributed by atoms with Crippen LogP contribution in [0.15, 0.2) is 10.5 Å². The minimum Gasteiger partial charge on any atom is -0.481 e. The highest BCUT2D eigenvalue weighted by Crippen LogP contribution is 2.42. The number of hydrogen-bond acceptors (Lipinski definition) is 4. The Morgan fingerprint density at radius 2 is 2.22 bits per heavy atom. The molecule has 0 fully saturated rings. The van der Waals surface area contributed by atoms with E-state index in [1.54, 1.807) is 13.0 Å². The molecule has 1 atom stereocenters. The van der Waals surface area contributed by atoms with Gasteiger partial charge in [0.1, 0.15) is 0 Å². The van der Waals surface area contributed by atoms with Gasteiger partial charge in [0.15, 0.2) is 17.8 Å². The Bertz CT molecular complexity index is 512. The number of ether oxygens (including phenoxy) is 2. The first-order valence-corrected chi connectivity index (χ1v) is 6.12. The molecule has 0 aliphatic carbocycles. The summed E-state index contributed by atoms with van der Waals surface area (Å²) in [6, 6.07) is 1.71. The SMILES string of the molecule is CC(Cc1cc(Br)c(C=O)c2c1OCO2)C(=O)O. The van der Waals surface area contributed by atoms with Crippen LogP contribution in [0.25, 0.3) is 0 Å².